The molecule has 3 aromatic heterocycles. The summed E-state index contributed by atoms with van der Waals surface area (Å²) in [5.41, 5.74) is 6.97. The lowest BCUT2D eigenvalue weighted by Crippen LogP contribution is -2.49. The maximum Gasteiger partial charge on any atom is 0.259 e. The molecule has 0 bridgehead atoms. The lowest BCUT2D eigenvalue weighted by atomic mass is 10.1. The van der Waals surface area contributed by atoms with Gasteiger partial charge in [-0.1, -0.05) is 0 Å². The van der Waals surface area contributed by atoms with Gasteiger partial charge in [0.1, 0.15) is 5.82 Å². The van der Waals surface area contributed by atoms with E-state index in [1.54, 1.807) is 30.5 Å². The van der Waals surface area contributed by atoms with E-state index in [2.05, 4.69) is 35.2 Å². The van der Waals surface area contributed by atoms with E-state index in [1.807, 2.05) is 23.9 Å². The third-order valence-corrected chi connectivity index (χ3v) is 7.97. The van der Waals surface area contributed by atoms with Gasteiger partial charge in [-0.25, -0.2) is 4.39 Å². The van der Waals surface area contributed by atoms with Crippen LogP contribution in [0, 0.1) is 5.82 Å². The van der Waals surface area contributed by atoms with Crippen molar-refractivity contribution in [3.8, 4) is 11.6 Å². The lowest BCUT2D eigenvalue weighted by Gasteiger charge is -2.36. The van der Waals surface area contributed by atoms with E-state index in [4.69, 9.17) is 14.9 Å². The third kappa shape index (κ3) is 6.38. The Morgan fingerprint density at radius 3 is 2.63 bits per heavy atom. The van der Waals surface area contributed by atoms with Gasteiger partial charge in [0.05, 0.1) is 31.2 Å². The van der Waals surface area contributed by atoms with Crippen LogP contribution in [0.2, 0.25) is 0 Å². The summed E-state index contributed by atoms with van der Waals surface area (Å²) < 4.78 is 27.0. The smallest absolute Gasteiger partial charge is 0.259 e. The molecule has 0 atom stereocenters. The molecule has 4 aromatic rings. The fourth-order valence-electron chi connectivity index (χ4n) is 5.09. The summed E-state index contributed by atoms with van der Waals surface area (Å²) in [5, 5.41) is 7.21. The van der Waals surface area contributed by atoms with Crippen LogP contribution >= 0.6 is 0 Å². The van der Waals surface area contributed by atoms with Crippen LogP contribution in [0.3, 0.4) is 0 Å². The van der Waals surface area contributed by atoms with Gasteiger partial charge in [0, 0.05) is 65.0 Å². The molecule has 1 amide bonds. The minimum Gasteiger partial charge on any atom is -0.461 e. The number of ether oxygens (including phenoxy) is 1. The highest BCUT2D eigenvalue weighted by atomic mass is 19.1. The number of carbonyl (C=O) groups is 1. The van der Waals surface area contributed by atoms with Crippen molar-refractivity contribution in [1.29, 1.82) is 0 Å². The van der Waals surface area contributed by atoms with Crippen LogP contribution in [-0.4, -0.2) is 126 Å². The number of rotatable bonds is 11. The molecule has 2 aliphatic heterocycles. The molecule has 14 nitrogen and oxygen atoms in total. The summed E-state index contributed by atoms with van der Waals surface area (Å²) in [6.07, 6.45) is 1.55. The molecule has 0 spiro atoms. The Hall–Kier alpha value is -4.34. The van der Waals surface area contributed by atoms with Gasteiger partial charge in [0.2, 0.25) is 17.7 Å². The predicted octanol–water partition coefficient (Wildman–Crippen LogP) is 0.819. The van der Waals surface area contributed by atoms with Gasteiger partial charge in [-0.15, -0.1) is 5.10 Å². The number of piperazine rings is 1. The number of nitrogen functional groups attached to an aromatic ring is 1. The van der Waals surface area contributed by atoms with E-state index in [-0.39, 0.29) is 11.9 Å². The van der Waals surface area contributed by atoms with Crippen molar-refractivity contribution in [2.75, 3.05) is 95.2 Å². The summed E-state index contributed by atoms with van der Waals surface area (Å²) in [6, 6.07) is 8.64. The van der Waals surface area contributed by atoms with Crippen molar-refractivity contribution in [2.24, 2.45) is 0 Å². The van der Waals surface area contributed by atoms with Gasteiger partial charge in [-0.05, 0) is 37.4 Å². The maximum atomic E-state index is 15.1. The Morgan fingerprint density at radius 1 is 1.12 bits per heavy atom. The first kappa shape index (κ1) is 28.8. The number of hydrogen-bond donors (Lipinski definition) is 2. The first-order chi connectivity index (χ1) is 20.9. The Balaban J connectivity index is 0.977. The number of benzene rings is 1. The second-order valence-electron chi connectivity index (χ2n) is 10.9. The lowest BCUT2D eigenvalue weighted by molar-refractivity contribution is -0.0552. The standard InChI is InChI=1S/C28H36FN11O3/c1-36(20-17-42-18-20)8-7-31-25(41)19-5-6-22(21(29)16-19)39-13-11-38(12-14-39)10-9-37(2)27-33-26(30)40-28(34-27)32-24(35-40)23-4-3-15-43-23/h3-6,15-16,20H,7-14,17-18H2,1-2H3,(H,31,41)(H2,30,32,33,34,35). The number of likely N-dealkylation sites (N-methyl/N-ethyl adjacent to an activating group) is 2. The average molecular weight is 594 g/mol. The normalized spacial score (nSPS) is 16.1. The van der Waals surface area contributed by atoms with Gasteiger partial charge in [0.15, 0.2) is 5.76 Å². The van der Waals surface area contributed by atoms with Gasteiger partial charge >= 0.3 is 0 Å². The quantitative estimate of drug-likeness (QED) is 0.254. The molecule has 5 heterocycles. The van der Waals surface area contributed by atoms with Crippen molar-refractivity contribution in [3.63, 3.8) is 0 Å². The summed E-state index contributed by atoms with van der Waals surface area (Å²) in [6.45, 7) is 6.99. The molecule has 0 unspecified atom stereocenters. The summed E-state index contributed by atoms with van der Waals surface area (Å²) in [5.74, 6) is 1.22. The fraction of sp³-hybridized carbons (Fsp3) is 0.464. The van der Waals surface area contributed by atoms with Crippen LogP contribution in [0.4, 0.5) is 22.0 Å². The van der Waals surface area contributed by atoms with Crippen molar-refractivity contribution >= 4 is 29.3 Å². The van der Waals surface area contributed by atoms with Crippen molar-refractivity contribution in [2.45, 2.75) is 6.04 Å². The SMILES string of the molecule is CN(CCN1CCN(c2ccc(C(=O)NCCN(C)C3COC3)cc2F)CC1)c1nc(N)n2nc(-c3ccco3)nc2n1. The number of anilines is 3. The first-order valence-corrected chi connectivity index (χ1v) is 14.3. The van der Waals surface area contributed by atoms with E-state index in [0.717, 1.165) is 32.8 Å². The topological polar surface area (TPSA) is 146 Å². The number of carbonyl (C=O) groups excluding carboxylic acids is 1. The van der Waals surface area contributed by atoms with Crippen molar-refractivity contribution < 1.29 is 18.3 Å². The molecule has 15 heteroatoms. The Morgan fingerprint density at radius 2 is 1.93 bits per heavy atom. The summed E-state index contributed by atoms with van der Waals surface area (Å²) >= 11 is 0. The highest BCUT2D eigenvalue weighted by Crippen LogP contribution is 2.23. The Kier molecular flexibility index (Phi) is 8.35. The molecule has 2 aliphatic rings. The molecule has 6 rings (SSSR count). The van der Waals surface area contributed by atoms with Gasteiger partial charge in [-0.2, -0.15) is 19.5 Å². The van der Waals surface area contributed by atoms with Gasteiger partial charge in [-0.3, -0.25) is 14.6 Å². The van der Waals surface area contributed by atoms with Crippen LogP contribution in [0.25, 0.3) is 17.4 Å². The first-order valence-electron chi connectivity index (χ1n) is 14.3. The molecule has 3 N–H and O–H groups in total. The molecule has 228 valence electrons. The summed E-state index contributed by atoms with van der Waals surface area (Å²) in [4.78, 5) is 34.3. The Labute approximate surface area is 248 Å². The van der Waals surface area contributed by atoms with Crippen molar-refractivity contribution in [3.05, 3.63) is 48.0 Å². The van der Waals surface area contributed by atoms with Crippen LogP contribution in [0.5, 0.6) is 0 Å². The number of fused-ring (bicyclic) bond motifs is 1. The maximum absolute atomic E-state index is 15.1. The highest BCUT2D eigenvalue weighted by Gasteiger charge is 2.24. The number of nitrogens with zero attached hydrogens (tertiary/aromatic N) is 9. The zero-order chi connectivity index (χ0) is 29.9. The number of furan rings is 1. The largest absolute Gasteiger partial charge is 0.461 e. The molecular formula is C28H36FN11O3. The molecule has 1 aromatic carbocycles. The Bertz CT molecular complexity index is 1550. The highest BCUT2D eigenvalue weighted by molar-refractivity contribution is 5.94. The predicted molar refractivity (Wildman–Crippen MR) is 159 cm³/mol. The van der Waals surface area contributed by atoms with E-state index in [0.29, 0.717) is 73.3 Å². The number of nitrogens with one attached hydrogen (secondary N) is 1. The van der Waals surface area contributed by atoms with E-state index < -0.39 is 5.82 Å². The van der Waals surface area contributed by atoms with E-state index in [9.17, 15) is 4.79 Å². The fourth-order valence-corrected chi connectivity index (χ4v) is 5.09. The minimum absolute atomic E-state index is 0.184. The monoisotopic (exact) mass is 593 g/mol. The minimum atomic E-state index is -0.390. The number of halogens is 1. The molecule has 2 saturated heterocycles. The number of amides is 1. The van der Waals surface area contributed by atoms with Crippen LogP contribution in [0.15, 0.2) is 41.0 Å². The molecular weight excluding hydrogens is 557 g/mol. The van der Waals surface area contributed by atoms with E-state index in [1.165, 1.54) is 10.6 Å². The number of aromatic nitrogens is 5. The molecule has 0 aliphatic carbocycles. The van der Waals surface area contributed by atoms with Gasteiger partial charge < -0.3 is 30.0 Å². The second-order valence-corrected chi connectivity index (χ2v) is 10.9. The van der Waals surface area contributed by atoms with Crippen molar-refractivity contribution in [1.82, 2.24) is 39.7 Å². The zero-order valence-electron chi connectivity index (χ0n) is 24.3. The van der Waals surface area contributed by atoms with Gasteiger partial charge in [0.25, 0.3) is 11.7 Å². The second kappa shape index (κ2) is 12.5. The molecule has 0 radical (unpaired) electrons. The third-order valence-electron chi connectivity index (χ3n) is 7.97. The number of nitrogens with two attached hydrogens (primary N) is 1. The molecule has 0 saturated carbocycles. The average Bonchev–Trinajstić information content (AvgIpc) is 3.66. The zero-order valence-corrected chi connectivity index (χ0v) is 24.3. The molecule has 2 fully saturated rings. The van der Waals surface area contributed by atoms with Crippen LogP contribution in [-0.2, 0) is 4.74 Å². The summed E-state index contributed by atoms with van der Waals surface area (Å²) in [7, 11) is 3.91. The van der Waals surface area contributed by atoms with Crippen LogP contribution in [0.1, 0.15) is 10.4 Å². The molecule has 43 heavy (non-hydrogen) atoms. The van der Waals surface area contributed by atoms with Crippen LogP contribution < -0.4 is 20.9 Å². The number of hydrogen-bond acceptors (Lipinski definition) is 12. The van der Waals surface area contributed by atoms with E-state index >= 15 is 4.39 Å².